The minimum absolute atomic E-state index is 0.789. The van der Waals surface area contributed by atoms with Gasteiger partial charge >= 0.3 is 0 Å². The molecule has 0 aliphatic heterocycles. The van der Waals surface area contributed by atoms with Gasteiger partial charge in [0.1, 0.15) is 0 Å². The minimum atomic E-state index is 0.789. The number of hydrogen-bond acceptors (Lipinski definition) is 4. The molecule has 5 heteroatoms. The highest BCUT2D eigenvalue weighted by Crippen LogP contribution is 2.09. The zero-order valence-electron chi connectivity index (χ0n) is 12.1. The van der Waals surface area contributed by atoms with E-state index in [1.54, 1.807) is 0 Å². The van der Waals surface area contributed by atoms with E-state index in [0.717, 1.165) is 50.9 Å². The Morgan fingerprint density at radius 2 is 2.22 bits per heavy atom. The molecule has 0 fully saturated rings. The van der Waals surface area contributed by atoms with Crippen LogP contribution in [0.3, 0.4) is 0 Å². The third-order valence-electron chi connectivity index (χ3n) is 2.63. The Labute approximate surface area is 110 Å². The summed E-state index contributed by atoms with van der Waals surface area (Å²) in [5.41, 5.74) is 1.05. The molecule has 1 heterocycles. The van der Waals surface area contributed by atoms with Crippen LogP contribution in [0.1, 0.15) is 19.0 Å². The van der Waals surface area contributed by atoms with Crippen LogP contribution in [-0.2, 0) is 11.3 Å². The van der Waals surface area contributed by atoms with Crippen molar-refractivity contribution in [3.63, 3.8) is 0 Å². The van der Waals surface area contributed by atoms with E-state index in [1.165, 1.54) is 0 Å². The van der Waals surface area contributed by atoms with E-state index in [1.807, 2.05) is 13.8 Å². The highest BCUT2D eigenvalue weighted by molar-refractivity contribution is 5.28. The summed E-state index contributed by atoms with van der Waals surface area (Å²) in [6, 6.07) is 0. The molecule has 0 bridgehead atoms. The SMILES string of the molecule is CCOCCCn1cc(C)nc1NCCN(C)C. The molecule has 0 spiro atoms. The van der Waals surface area contributed by atoms with Crippen molar-refractivity contribution in [2.24, 2.45) is 0 Å². The number of likely N-dealkylation sites (N-methyl/N-ethyl adjacent to an activating group) is 1. The van der Waals surface area contributed by atoms with Crippen molar-refractivity contribution in [2.45, 2.75) is 26.8 Å². The first-order chi connectivity index (χ1) is 8.63. The van der Waals surface area contributed by atoms with Gasteiger partial charge in [-0.2, -0.15) is 0 Å². The number of rotatable bonds is 9. The summed E-state index contributed by atoms with van der Waals surface area (Å²) in [6.07, 6.45) is 3.11. The number of nitrogens with one attached hydrogen (secondary N) is 1. The topological polar surface area (TPSA) is 42.3 Å². The predicted molar refractivity (Wildman–Crippen MR) is 75.1 cm³/mol. The lowest BCUT2D eigenvalue weighted by atomic mass is 10.4. The summed E-state index contributed by atoms with van der Waals surface area (Å²) in [5.74, 6) is 0.964. The molecular formula is C13H26N4O. The van der Waals surface area contributed by atoms with E-state index in [0.29, 0.717) is 0 Å². The first kappa shape index (κ1) is 15.0. The van der Waals surface area contributed by atoms with Crippen molar-refractivity contribution < 1.29 is 4.74 Å². The summed E-state index contributed by atoms with van der Waals surface area (Å²) < 4.78 is 7.52. The molecule has 5 nitrogen and oxygen atoms in total. The van der Waals surface area contributed by atoms with Crippen molar-refractivity contribution in [2.75, 3.05) is 45.7 Å². The molecule has 0 aliphatic rings. The molecule has 0 aromatic carbocycles. The largest absolute Gasteiger partial charge is 0.382 e. The molecule has 0 atom stereocenters. The quantitative estimate of drug-likeness (QED) is 0.680. The Balaban J connectivity index is 2.40. The van der Waals surface area contributed by atoms with E-state index in [-0.39, 0.29) is 0 Å². The molecule has 0 unspecified atom stereocenters. The normalized spacial score (nSPS) is 11.2. The molecular weight excluding hydrogens is 228 g/mol. The van der Waals surface area contributed by atoms with Gasteiger partial charge in [-0.1, -0.05) is 0 Å². The molecule has 0 radical (unpaired) electrons. The van der Waals surface area contributed by atoms with Crippen LogP contribution < -0.4 is 5.32 Å². The van der Waals surface area contributed by atoms with Gasteiger partial charge in [-0.05, 0) is 34.4 Å². The fourth-order valence-electron chi connectivity index (χ4n) is 1.73. The van der Waals surface area contributed by atoms with Crippen LogP contribution in [0.2, 0.25) is 0 Å². The van der Waals surface area contributed by atoms with E-state index >= 15 is 0 Å². The summed E-state index contributed by atoms with van der Waals surface area (Å²) in [6.45, 7) is 8.51. The maximum atomic E-state index is 5.35. The van der Waals surface area contributed by atoms with Gasteiger partial charge < -0.3 is 19.5 Å². The Morgan fingerprint density at radius 1 is 1.44 bits per heavy atom. The van der Waals surface area contributed by atoms with Crippen LogP contribution in [0.25, 0.3) is 0 Å². The van der Waals surface area contributed by atoms with E-state index < -0.39 is 0 Å². The van der Waals surface area contributed by atoms with E-state index in [2.05, 4.69) is 40.1 Å². The van der Waals surface area contributed by atoms with Gasteiger partial charge in [-0.3, -0.25) is 0 Å². The number of imidazole rings is 1. The molecule has 1 N–H and O–H groups in total. The van der Waals surface area contributed by atoms with Crippen LogP contribution in [-0.4, -0.2) is 54.8 Å². The molecule has 104 valence electrons. The number of aryl methyl sites for hydroxylation is 2. The Kier molecular flexibility index (Phi) is 6.75. The Morgan fingerprint density at radius 3 is 2.89 bits per heavy atom. The maximum Gasteiger partial charge on any atom is 0.203 e. The van der Waals surface area contributed by atoms with Gasteiger partial charge in [-0.25, -0.2) is 4.98 Å². The summed E-state index contributed by atoms with van der Waals surface area (Å²) >= 11 is 0. The van der Waals surface area contributed by atoms with Crippen molar-refractivity contribution in [3.8, 4) is 0 Å². The number of aromatic nitrogens is 2. The Hall–Kier alpha value is -1.07. The lowest BCUT2D eigenvalue weighted by molar-refractivity contribution is 0.142. The summed E-state index contributed by atoms with van der Waals surface area (Å²) in [7, 11) is 4.14. The number of ether oxygens (including phenoxy) is 1. The molecule has 18 heavy (non-hydrogen) atoms. The van der Waals surface area contributed by atoms with Crippen molar-refractivity contribution in [1.82, 2.24) is 14.5 Å². The monoisotopic (exact) mass is 254 g/mol. The first-order valence-corrected chi connectivity index (χ1v) is 6.63. The van der Waals surface area contributed by atoms with Gasteiger partial charge in [0.25, 0.3) is 0 Å². The number of anilines is 1. The molecule has 1 aromatic rings. The maximum absolute atomic E-state index is 5.35. The zero-order valence-corrected chi connectivity index (χ0v) is 12.1. The molecule has 1 aromatic heterocycles. The number of hydrogen-bond donors (Lipinski definition) is 1. The van der Waals surface area contributed by atoms with Crippen LogP contribution in [0.15, 0.2) is 6.20 Å². The predicted octanol–water partition coefficient (Wildman–Crippen LogP) is 1.59. The molecule has 1 rings (SSSR count). The van der Waals surface area contributed by atoms with Crippen LogP contribution >= 0.6 is 0 Å². The minimum Gasteiger partial charge on any atom is -0.382 e. The highest BCUT2D eigenvalue weighted by Gasteiger charge is 2.04. The first-order valence-electron chi connectivity index (χ1n) is 6.63. The smallest absolute Gasteiger partial charge is 0.203 e. The molecule has 0 amide bonds. The average Bonchev–Trinajstić information content (AvgIpc) is 2.65. The molecule has 0 saturated carbocycles. The summed E-state index contributed by atoms with van der Waals surface area (Å²) in [5, 5.41) is 3.38. The fraction of sp³-hybridized carbons (Fsp3) is 0.769. The molecule has 0 aliphatic carbocycles. The third kappa shape index (κ3) is 5.51. The highest BCUT2D eigenvalue weighted by atomic mass is 16.5. The van der Waals surface area contributed by atoms with Gasteiger partial charge in [0, 0.05) is 39.0 Å². The van der Waals surface area contributed by atoms with Gasteiger partial charge in [0.05, 0.1) is 5.69 Å². The fourth-order valence-corrected chi connectivity index (χ4v) is 1.73. The summed E-state index contributed by atoms with van der Waals surface area (Å²) in [4.78, 5) is 6.65. The van der Waals surface area contributed by atoms with Crippen LogP contribution in [0.4, 0.5) is 5.95 Å². The van der Waals surface area contributed by atoms with Crippen LogP contribution in [0, 0.1) is 6.92 Å². The average molecular weight is 254 g/mol. The zero-order chi connectivity index (χ0) is 13.4. The second kappa shape index (κ2) is 8.11. The van der Waals surface area contributed by atoms with Crippen molar-refractivity contribution in [1.29, 1.82) is 0 Å². The second-order valence-electron chi connectivity index (χ2n) is 4.68. The number of nitrogens with zero attached hydrogens (tertiary/aromatic N) is 3. The van der Waals surface area contributed by atoms with Crippen molar-refractivity contribution in [3.05, 3.63) is 11.9 Å². The van der Waals surface area contributed by atoms with E-state index in [4.69, 9.17) is 4.74 Å². The molecule has 0 saturated heterocycles. The van der Waals surface area contributed by atoms with E-state index in [9.17, 15) is 0 Å². The van der Waals surface area contributed by atoms with Crippen LogP contribution in [0.5, 0.6) is 0 Å². The van der Waals surface area contributed by atoms with Gasteiger partial charge in [0.15, 0.2) is 0 Å². The lowest BCUT2D eigenvalue weighted by Crippen LogP contribution is -2.22. The standard InChI is InChI=1S/C13H26N4O/c1-5-18-10-6-8-17-11-12(2)15-13(17)14-7-9-16(3)4/h11H,5-10H2,1-4H3,(H,14,15). The lowest BCUT2D eigenvalue weighted by Gasteiger charge is -2.12. The van der Waals surface area contributed by atoms with Gasteiger partial charge in [-0.15, -0.1) is 0 Å². The van der Waals surface area contributed by atoms with Crippen molar-refractivity contribution >= 4 is 5.95 Å². The van der Waals surface area contributed by atoms with Gasteiger partial charge in [0.2, 0.25) is 5.95 Å². The third-order valence-corrected chi connectivity index (χ3v) is 2.63. The second-order valence-corrected chi connectivity index (χ2v) is 4.68. The Bertz CT molecular complexity index is 336.